The van der Waals surface area contributed by atoms with Gasteiger partial charge in [0, 0.05) is 34.8 Å². The minimum Gasteiger partial charge on any atom is -0.326 e. The molecule has 1 saturated heterocycles. The maximum atomic E-state index is 13.2. The Balaban J connectivity index is 1.55. The van der Waals surface area contributed by atoms with Gasteiger partial charge in [0.05, 0.1) is 4.90 Å². The normalized spacial score (nSPS) is 16.2. The number of benzene rings is 3. The van der Waals surface area contributed by atoms with Crippen LogP contribution in [0.15, 0.2) is 77.7 Å². The van der Waals surface area contributed by atoms with Crippen molar-refractivity contribution in [2.45, 2.75) is 23.8 Å². The third-order valence-corrected chi connectivity index (χ3v) is 7.00. The van der Waals surface area contributed by atoms with Gasteiger partial charge in [-0.05, 0) is 54.8 Å². The zero-order chi connectivity index (χ0) is 24.3. The number of hydrogen-bond donors (Lipinski definition) is 2. The Bertz CT molecular complexity index is 1310. The van der Waals surface area contributed by atoms with Crippen molar-refractivity contribution < 1.29 is 18.0 Å². The molecule has 34 heavy (non-hydrogen) atoms. The first-order chi connectivity index (χ1) is 16.2. The molecule has 9 heteroatoms. The Morgan fingerprint density at radius 2 is 1.74 bits per heavy atom. The maximum Gasteiger partial charge on any atom is 0.319 e. The van der Waals surface area contributed by atoms with Crippen molar-refractivity contribution in [1.29, 1.82) is 0 Å². The smallest absolute Gasteiger partial charge is 0.319 e. The predicted molar refractivity (Wildman–Crippen MR) is 134 cm³/mol. The summed E-state index contributed by atoms with van der Waals surface area (Å²) < 4.78 is 25.1. The molecule has 0 aromatic heterocycles. The average molecular weight is 498 g/mol. The quantitative estimate of drug-likeness (QED) is 0.532. The summed E-state index contributed by atoms with van der Waals surface area (Å²) in [6.07, 6.45) is 2.30. The number of urea groups is 1. The molecule has 1 aliphatic heterocycles. The van der Waals surface area contributed by atoms with Gasteiger partial charge in [-0.15, -0.1) is 0 Å². The fourth-order valence-corrected chi connectivity index (χ4v) is 5.01. The fraction of sp³-hybridized carbons (Fsp3) is 0.200. The van der Waals surface area contributed by atoms with Crippen LogP contribution in [0.5, 0.6) is 0 Å². The molecule has 7 nitrogen and oxygen atoms in total. The third-order valence-electron chi connectivity index (χ3n) is 5.61. The lowest BCUT2D eigenvalue weighted by molar-refractivity contribution is -0.121. The van der Waals surface area contributed by atoms with Crippen LogP contribution in [-0.4, -0.2) is 39.2 Å². The van der Waals surface area contributed by atoms with Crippen molar-refractivity contribution in [2.75, 3.05) is 23.0 Å². The largest absolute Gasteiger partial charge is 0.326 e. The van der Waals surface area contributed by atoms with Crippen LogP contribution in [0, 0.1) is 0 Å². The Labute approximate surface area is 203 Å². The van der Waals surface area contributed by atoms with Crippen LogP contribution < -0.4 is 15.5 Å². The fourth-order valence-electron chi connectivity index (χ4n) is 3.97. The van der Waals surface area contributed by atoms with E-state index in [2.05, 4.69) is 10.6 Å². The summed E-state index contributed by atoms with van der Waals surface area (Å²) in [4.78, 5) is 27.3. The van der Waals surface area contributed by atoms with Crippen molar-refractivity contribution in [3.8, 4) is 11.1 Å². The number of nitrogens with one attached hydrogen (secondary N) is 2. The molecule has 176 valence electrons. The molecule has 1 atom stereocenters. The van der Waals surface area contributed by atoms with Crippen molar-refractivity contribution in [1.82, 2.24) is 5.32 Å². The zero-order valence-electron chi connectivity index (χ0n) is 18.5. The van der Waals surface area contributed by atoms with E-state index in [0.29, 0.717) is 41.3 Å². The summed E-state index contributed by atoms with van der Waals surface area (Å²) in [6, 6.07) is 19.6. The van der Waals surface area contributed by atoms with Crippen LogP contribution in [0.2, 0.25) is 5.02 Å². The summed E-state index contributed by atoms with van der Waals surface area (Å²) >= 11 is 5.86. The lowest BCUT2D eigenvalue weighted by Gasteiger charge is -2.33. The highest BCUT2D eigenvalue weighted by Gasteiger charge is 2.31. The molecular formula is C25H24ClN3O4S. The first-order valence-corrected chi connectivity index (χ1v) is 13.0. The summed E-state index contributed by atoms with van der Waals surface area (Å²) in [5, 5.41) is 5.96. The van der Waals surface area contributed by atoms with Crippen LogP contribution in [0.3, 0.4) is 0 Å². The predicted octanol–water partition coefficient (Wildman–Crippen LogP) is 4.73. The van der Waals surface area contributed by atoms with Crippen molar-refractivity contribution >= 4 is 44.8 Å². The van der Waals surface area contributed by atoms with Gasteiger partial charge < -0.3 is 15.5 Å². The van der Waals surface area contributed by atoms with Gasteiger partial charge in [0.1, 0.15) is 6.04 Å². The van der Waals surface area contributed by atoms with E-state index in [0.717, 1.165) is 11.8 Å². The molecule has 1 fully saturated rings. The molecule has 0 aliphatic carbocycles. The molecule has 3 aromatic carbocycles. The number of nitrogens with zero attached hydrogens (tertiary/aromatic N) is 1. The number of anilines is 2. The first-order valence-electron chi connectivity index (χ1n) is 10.8. The Morgan fingerprint density at radius 1 is 1.03 bits per heavy atom. The van der Waals surface area contributed by atoms with Gasteiger partial charge in [0.25, 0.3) is 0 Å². The van der Waals surface area contributed by atoms with E-state index in [4.69, 9.17) is 11.6 Å². The van der Waals surface area contributed by atoms with Gasteiger partial charge in [-0.1, -0.05) is 48.0 Å². The van der Waals surface area contributed by atoms with Crippen molar-refractivity contribution in [2.24, 2.45) is 0 Å². The third kappa shape index (κ3) is 5.40. The van der Waals surface area contributed by atoms with Crippen LogP contribution in [0.25, 0.3) is 11.1 Å². The Morgan fingerprint density at radius 3 is 2.41 bits per heavy atom. The van der Waals surface area contributed by atoms with Crippen LogP contribution in [0.4, 0.5) is 16.2 Å². The van der Waals surface area contributed by atoms with Gasteiger partial charge >= 0.3 is 6.03 Å². The molecule has 4 rings (SSSR count). The lowest BCUT2D eigenvalue weighted by Crippen LogP contribution is -2.53. The van der Waals surface area contributed by atoms with Crippen LogP contribution in [0.1, 0.15) is 12.8 Å². The number of hydrogen-bond acceptors (Lipinski definition) is 4. The maximum absolute atomic E-state index is 13.2. The summed E-state index contributed by atoms with van der Waals surface area (Å²) in [5.74, 6) is -0.288. The highest BCUT2D eigenvalue weighted by Crippen LogP contribution is 2.32. The topological polar surface area (TPSA) is 95.6 Å². The number of piperidine rings is 1. The minimum atomic E-state index is -3.56. The molecule has 1 aliphatic rings. The molecule has 3 amide bonds. The van der Waals surface area contributed by atoms with Crippen molar-refractivity contribution in [3.05, 3.63) is 77.8 Å². The highest BCUT2D eigenvalue weighted by atomic mass is 35.5. The number of carbonyl (C=O) groups is 2. The molecular weight excluding hydrogens is 474 g/mol. The molecule has 0 bridgehead atoms. The van der Waals surface area contributed by atoms with E-state index in [1.54, 1.807) is 36.4 Å². The van der Waals surface area contributed by atoms with E-state index in [1.807, 2.05) is 30.3 Å². The molecule has 0 radical (unpaired) electrons. The van der Waals surface area contributed by atoms with Gasteiger partial charge in [0.2, 0.25) is 5.91 Å². The van der Waals surface area contributed by atoms with Gasteiger partial charge in [-0.25, -0.2) is 13.2 Å². The SMILES string of the molecule is CS(=O)(=O)c1cc(N2CCC[C@@H](NC(=O)Nc3ccc(Cl)cc3)C2=O)ccc1-c1ccccc1. The van der Waals surface area contributed by atoms with Gasteiger partial charge in [0.15, 0.2) is 9.84 Å². The molecule has 2 N–H and O–H groups in total. The lowest BCUT2D eigenvalue weighted by atomic mass is 10.0. The van der Waals surface area contributed by atoms with Crippen molar-refractivity contribution in [3.63, 3.8) is 0 Å². The first kappa shape index (κ1) is 23.8. The van der Waals surface area contributed by atoms with E-state index in [1.165, 1.54) is 11.0 Å². The standard InChI is InChI=1S/C25H24ClN3O4S/c1-34(32,33)23-16-20(13-14-21(23)17-6-3-2-4-7-17)29-15-5-8-22(24(29)30)28-25(31)27-19-11-9-18(26)10-12-19/h2-4,6-7,9-14,16,22H,5,8,15H2,1H3,(H2,27,28,31)/t22-/m1/s1. The molecule has 0 unspecified atom stereocenters. The molecule has 1 heterocycles. The van der Waals surface area contributed by atoms with E-state index in [9.17, 15) is 18.0 Å². The molecule has 0 saturated carbocycles. The minimum absolute atomic E-state index is 0.152. The summed E-state index contributed by atoms with van der Waals surface area (Å²) in [5.41, 5.74) is 2.39. The number of halogens is 1. The summed E-state index contributed by atoms with van der Waals surface area (Å²) in [6.45, 7) is 0.434. The molecule has 0 spiro atoms. The number of amides is 3. The number of rotatable bonds is 5. The highest BCUT2D eigenvalue weighted by molar-refractivity contribution is 7.90. The van der Waals surface area contributed by atoms with E-state index >= 15 is 0 Å². The van der Waals surface area contributed by atoms with E-state index < -0.39 is 21.9 Å². The Hall–Kier alpha value is -3.36. The Kier molecular flexibility index (Phi) is 6.90. The number of carbonyl (C=O) groups excluding carboxylic acids is 2. The second-order valence-electron chi connectivity index (χ2n) is 8.11. The van der Waals surface area contributed by atoms with Crippen LogP contribution >= 0.6 is 11.6 Å². The van der Waals surface area contributed by atoms with Gasteiger partial charge in [-0.3, -0.25) is 4.79 Å². The van der Waals surface area contributed by atoms with E-state index in [-0.39, 0.29) is 10.8 Å². The molecule has 3 aromatic rings. The van der Waals surface area contributed by atoms with Gasteiger partial charge in [-0.2, -0.15) is 0 Å². The second-order valence-corrected chi connectivity index (χ2v) is 10.5. The monoisotopic (exact) mass is 497 g/mol. The summed E-state index contributed by atoms with van der Waals surface area (Å²) in [7, 11) is -3.56. The second kappa shape index (κ2) is 9.87. The number of sulfone groups is 1. The average Bonchev–Trinajstić information content (AvgIpc) is 2.81. The zero-order valence-corrected chi connectivity index (χ0v) is 20.1. The van der Waals surface area contributed by atoms with Crippen LogP contribution in [-0.2, 0) is 14.6 Å².